The molecule has 4 aromatic rings. The molecule has 0 aliphatic carbocycles. The number of thiazole rings is 1. The van der Waals surface area contributed by atoms with Gasteiger partial charge >= 0.3 is 0 Å². The van der Waals surface area contributed by atoms with Crippen LogP contribution in [0.2, 0.25) is 0 Å². The van der Waals surface area contributed by atoms with Gasteiger partial charge in [-0.15, -0.1) is 26.3 Å². The number of likely N-dealkylation sites (tertiary alicyclic amines) is 1. The topological polar surface area (TPSA) is 59.7 Å². The molecule has 2 aromatic heterocycles. The van der Waals surface area contributed by atoms with E-state index >= 15 is 0 Å². The van der Waals surface area contributed by atoms with E-state index in [4.69, 9.17) is 4.98 Å². The molecule has 1 aliphatic heterocycles. The molecule has 0 bridgehead atoms. The van der Waals surface area contributed by atoms with Crippen molar-refractivity contribution in [2.24, 2.45) is 0 Å². The molecule has 0 radical (unpaired) electrons. The average Bonchev–Trinajstić information content (AvgIpc) is 3.36. The van der Waals surface area contributed by atoms with Gasteiger partial charge in [-0.2, -0.15) is 0 Å². The molecule has 1 aliphatic rings. The van der Waals surface area contributed by atoms with Gasteiger partial charge in [0.05, 0.1) is 16.3 Å². The molecule has 0 saturated carbocycles. The fourth-order valence-electron chi connectivity index (χ4n) is 3.65. The number of benzene rings is 2. The number of aromatic nitrogens is 5. The van der Waals surface area contributed by atoms with Crippen LogP contribution in [0.3, 0.4) is 0 Å². The van der Waals surface area contributed by atoms with Crippen LogP contribution in [0.15, 0.2) is 48.5 Å². The summed E-state index contributed by atoms with van der Waals surface area (Å²) in [5.74, 6) is 0.233. The fraction of sp³-hybridized carbons (Fsp3) is 0.300. The minimum Gasteiger partial charge on any atom is -0.273 e. The van der Waals surface area contributed by atoms with Crippen LogP contribution in [-0.2, 0) is 6.67 Å². The molecular weight excluding hydrogens is 375 g/mol. The van der Waals surface area contributed by atoms with Crippen molar-refractivity contribution in [1.82, 2.24) is 30.1 Å². The van der Waals surface area contributed by atoms with Gasteiger partial charge < -0.3 is 0 Å². The van der Waals surface area contributed by atoms with E-state index in [1.54, 1.807) is 28.3 Å². The molecule has 5 rings (SSSR count). The maximum atomic E-state index is 13.1. The average molecular weight is 394 g/mol. The number of nitrogens with zero attached hydrogens (tertiary/aromatic N) is 6. The lowest BCUT2D eigenvalue weighted by Crippen LogP contribution is -2.35. The van der Waals surface area contributed by atoms with E-state index in [0.717, 1.165) is 35.5 Å². The van der Waals surface area contributed by atoms with Crippen LogP contribution in [0.5, 0.6) is 0 Å². The highest BCUT2D eigenvalue weighted by molar-refractivity contribution is 7.18. The molecule has 8 heteroatoms. The number of fused-ring (bicyclic) bond motifs is 1. The van der Waals surface area contributed by atoms with E-state index < -0.39 is 0 Å². The minimum atomic E-state index is -0.275. The van der Waals surface area contributed by atoms with Gasteiger partial charge in [0.1, 0.15) is 17.5 Å². The minimum absolute atomic E-state index is 0.270. The van der Waals surface area contributed by atoms with Crippen LogP contribution in [0, 0.1) is 5.82 Å². The van der Waals surface area contributed by atoms with Crippen molar-refractivity contribution in [2.45, 2.75) is 32.0 Å². The predicted octanol–water partition coefficient (Wildman–Crippen LogP) is 4.27. The Morgan fingerprint density at radius 3 is 2.79 bits per heavy atom. The molecule has 0 unspecified atom stereocenters. The molecule has 3 heterocycles. The first-order chi connectivity index (χ1) is 13.8. The van der Waals surface area contributed by atoms with Crippen LogP contribution in [-0.4, -0.2) is 36.6 Å². The Bertz CT molecular complexity index is 1060. The monoisotopic (exact) mass is 394 g/mol. The van der Waals surface area contributed by atoms with Crippen molar-refractivity contribution in [2.75, 3.05) is 6.54 Å². The van der Waals surface area contributed by atoms with Crippen molar-refractivity contribution in [3.8, 4) is 11.4 Å². The number of rotatable bonds is 4. The van der Waals surface area contributed by atoms with Crippen LogP contribution >= 0.6 is 11.3 Å². The van der Waals surface area contributed by atoms with Crippen LogP contribution < -0.4 is 0 Å². The summed E-state index contributed by atoms with van der Waals surface area (Å²) in [7, 11) is 0. The SMILES string of the molecule is Fc1ccc(-c2nnn(CN3CCCC[C@@H]3c3nc4ccccc4s3)n2)cc1. The van der Waals surface area contributed by atoms with Gasteiger partial charge in [-0.05, 0) is 54.5 Å². The first-order valence-corrected chi connectivity index (χ1v) is 10.2. The summed E-state index contributed by atoms with van der Waals surface area (Å²) in [5, 5.41) is 14.0. The van der Waals surface area contributed by atoms with E-state index in [0.29, 0.717) is 12.5 Å². The molecule has 0 N–H and O–H groups in total. The third-order valence-corrected chi connectivity index (χ3v) is 6.21. The zero-order valence-electron chi connectivity index (χ0n) is 15.2. The van der Waals surface area contributed by atoms with Crippen LogP contribution in [0.1, 0.15) is 30.3 Å². The van der Waals surface area contributed by atoms with Gasteiger partial charge in [0, 0.05) is 12.1 Å². The van der Waals surface area contributed by atoms with Gasteiger partial charge in [-0.1, -0.05) is 18.6 Å². The molecular formula is C20H19FN6S. The standard InChI is InChI=1S/C20H19FN6S/c21-15-10-8-14(9-11-15)19-23-25-27(24-19)13-26-12-4-3-6-17(26)20-22-16-5-1-2-7-18(16)28-20/h1-2,5,7-11,17H,3-4,6,12-13H2/t17-/m1/s1. The number of hydrogen-bond acceptors (Lipinski definition) is 6. The van der Waals surface area contributed by atoms with Gasteiger partial charge in [0.25, 0.3) is 0 Å². The summed E-state index contributed by atoms with van der Waals surface area (Å²) in [4.78, 5) is 8.85. The molecule has 0 amide bonds. The van der Waals surface area contributed by atoms with E-state index in [1.807, 2.05) is 6.07 Å². The van der Waals surface area contributed by atoms with E-state index in [1.165, 1.54) is 23.3 Å². The molecule has 2 aromatic carbocycles. The van der Waals surface area contributed by atoms with Crippen molar-refractivity contribution < 1.29 is 4.39 Å². The second-order valence-electron chi connectivity index (χ2n) is 6.98. The number of para-hydroxylation sites is 1. The Morgan fingerprint density at radius 1 is 1.07 bits per heavy atom. The van der Waals surface area contributed by atoms with E-state index in [2.05, 4.69) is 38.5 Å². The summed E-state index contributed by atoms with van der Waals surface area (Å²) < 4.78 is 14.3. The number of piperidine rings is 1. The number of tetrazole rings is 1. The summed E-state index contributed by atoms with van der Waals surface area (Å²) >= 11 is 1.77. The Kier molecular flexibility index (Phi) is 4.58. The summed E-state index contributed by atoms with van der Waals surface area (Å²) in [5.41, 5.74) is 1.82. The van der Waals surface area contributed by atoms with Crippen LogP contribution in [0.4, 0.5) is 4.39 Å². The van der Waals surface area contributed by atoms with Crippen LogP contribution in [0.25, 0.3) is 21.6 Å². The molecule has 1 saturated heterocycles. The Labute approximate surface area is 165 Å². The molecule has 1 fully saturated rings. The predicted molar refractivity (Wildman–Crippen MR) is 106 cm³/mol. The van der Waals surface area contributed by atoms with Gasteiger partial charge in [-0.25, -0.2) is 9.37 Å². The third-order valence-electron chi connectivity index (χ3n) is 5.07. The van der Waals surface area contributed by atoms with Crippen molar-refractivity contribution in [3.63, 3.8) is 0 Å². The first-order valence-electron chi connectivity index (χ1n) is 9.39. The smallest absolute Gasteiger partial charge is 0.204 e. The fourth-order valence-corrected chi connectivity index (χ4v) is 4.79. The van der Waals surface area contributed by atoms with E-state index in [9.17, 15) is 4.39 Å². The summed E-state index contributed by atoms with van der Waals surface area (Å²) in [6.45, 7) is 1.54. The maximum Gasteiger partial charge on any atom is 0.204 e. The zero-order valence-corrected chi connectivity index (χ0v) is 16.0. The van der Waals surface area contributed by atoms with Crippen molar-refractivity contribution >= 4 is 21.6 Å². The number of hydrogen-bond donors (Lipinski definition) is 0. The normalized spacial score (nSPS) is 18.0. The highest BCUT2D eigenvalue weighted by atomic mass is 32.1. The zero-order chi connectivity index (χ0) is 18.9. The lowest BCUT2D eigenvalue weighted by molar-refractivity contribution is 0.0958. The third kappa shape index (κ3) is 3.41. The van der Waals surface area contributed by atoms with Crippen molar-refractivity contribution in [1.29, 1.82) is 0 Å². The molecule has 28 heavy (non-hydrogen) atoms. The highest BCUT2D eigenvalue weighted by Crippen LogP contribution is 2.35. The second-order valence-corrected chi connectivity index (χ2v) is 8.04. The largest absolute Gasteiger partial charge is 0.273 e. The quantitative estimate of drug-likeness (QED) is 0.517. The highest BCUT2D eigenvalue weighted by Gasteiger charge is 2.27. The molecule has 0 spiro atoms. The lowest BCUT2D eigenvalue weighted by Gasteiger charge is -2.33. The second kappa shape index (κ2) is 7.37. The van der Waals surface area contributed by atoms with Gasteiger partial charge in [0.2, 0.25) is 5.82 Å². The molecule has 6 nitrogen and oxygen atoms in total. The Hall–Kier alpha value is -2.71. The van der Waals surface area contributed by atoms with E-state index in [-0.39, 0.29) is 11.9 Å². The number of halogens is 1. The Balaban J connectivity index is 1.38. The maximum absolute atomic E-state index is 13.1. The lowest BCUT2D eigenvalue weighted by atomic mass is 10.0. The molecule has 142 valence electrons. The molecule has 1 atom stereocenters. The summed E-state index contributed by atoms with van der Waals surface area (Å²) in [6, 6.07) is 14.7. The van der Waals surface area contributed by atoms with Crippen molar-refractivity contribution in [3.05, 3.63) is 59.4 Å². The Morgan fingerprint density at radius 2 is 1.93 bits per heavy atom. The summed E-state index contributed by atoms with van der Waals surface area (Å²) in [6.07, 6.45) is 3.43. The van der Waals surface area contributed by atoms with Gasteiger partial charge in [0.15, 0.2) is 0 Å². The first kappa shape index (κ1) is 17.4. The van der Waals surface area contributed by atoms with Gasteiger partial charge in [-0.3, -0.25) is 4.90 Å².